The third-order valence-electron chi connectivity index (χ3n) is 4.90. The van der Waals surface area contributed by atoms with Gasteiger partial charge in [0.2, 0.25) is 0 Å². The molecule has 0 spiro atoms. The molecule has 3 heterocycles. The first-order valence-electron chi connectivity index (χ1n) is 8.28. The Bertz CT molecular complexity index is 1170. The van der Waals surface area contributed by atoms with Crippen LogP contribution in [0, 0.1) is 11.7 Å². The quantitative estimate of drug-likeness (QED) is 0.320. The van der Waals surface area contributed by atoms with Crippen LogP contribution in [0.25, 0.3) is 0 Å². The number of aromatic nitrogens is 1. The van der Waals surface area contributed by atoms with Crippen molar-refractivity contribution in [3.05, 3.63) is 76.8 Å². The predicted molar refractivity (Wildman–Crippen MR) is 113 cm³/mol. The van der Waals surface area contributed by atoms with E-state index in [0.717, 1.165) is 36.8 Å². The third kappa shape index (κ3) is 2.91. The SMILES string of the molecule is O=C1Oc2c(Br)cc(Br)cc2[C@H]2c3sc(=O)[nH]c3S[C@@H](c3ccc(F)cc3)[C@H]12. The van der Waals surface area contributed by atoms with E-state index in [9.17, 15) is 14.0 Å². The molecule has 3 aromatic rings. The molecule has 1 aromatic heterocycles. The number of rotatable bonds is 1. The second-order valence-electron chi connectivity index (χ2n) is 6.53. The Morgan fingerprint density at radius 3 is 2.61 bits per heavy atom. The maximum Gasteiger partial charge on any atom is 0.316 e. The average Bonchev–Trinajstić information content (AvgIpc) is 3.02. The summed E-state index contributed by atoms with van der Waals surface area (Å²) < 4.78 is 20.7. The monoisotopic (exact) mass is 541 g/mol. The zero-order chi connectivity index (χ0) is 19.6. The molecule has 28 heavy (non-hydrogen) atoms. The van der Waals surface area contributed by atoms with E-state index in [4.69, 9.17) is 4.74 Å². The maximum atomic E-state index is 13.4. The Kier molecular flexibility index (Phi) is 4.53. The van der Waals surface area contributed by atoms with Crippen LogP contribution in [0.2, 0.25) is 0 Å². The second kappa shape index (κ2) is 6.83. The average molecular weight is 543 g/mol. The fourth-order valence-electron chi connectivity index (χ4n) is 3.77. The molecule has 0 bridgehead atoms. The Balaban J connectivity index is 1.75. The highest BCUT2D eigenvalue weighted by Crippen LogP contribution is 2.59. The summed E-state index contributed by atoms with van der Waals surface area (Å²) >= 11 is 9.51. The summed E-state index contributed by atoms with van der Waals surface area (Å²) in [6, 6.07) is 9.87. The van der Waals surface area contributed by atoms with Gasteiger partial charge in [-0.05, 0) is 45.8 Å². The highest BCUT2D eigenvalue weighted by atomic mass is 79.9. The lowest BCUT2D eigenvalue weighted by atomic mass is 9.78. The van der Waals surface area contributed by atoms with Crippen molar-refractivity contribution in [1.82, 2.24) is 4.98 Å². The molecule has 0 amide bonds. The zero-order valence-electron chi connectivity index (χ0n) is 13.9. The molecule has 0 aliphatic carbocycles. The summed E-state index contributed by atoms with van der Waals surface area (Å²) in [5, 5.41) is 0.448. The number of halogens is 3. The molecular weight excluding hydrogens is 533 g/mol. The number of nitrogens with one attached hydrogen (secondary N) is 1. The van der Waals surface area contributed by atoms with Gasteiger partial charge in [0.1, 0.15) is 11.6 Å². The van der Waals surface area contributed by atoms with Crippen LogP contribution in [-0.4, -0.2) is 11.0 Å². The zero-order valence-corrected chi connectivity index (χ0v) is 18.7. The van der Waals surface area contributed by atoms with Gasteiger partial charge in [-0.15, -0.1) is 0 Å². The minimum absolute atomic E-state index is 0.162. The minimum Gasteiger partial charge on any atom is -0.425 e. The topological polar surface area (TPSA) is 59.2 Å². The van der Waals surface area contributed by atoms with Crippen molar-refractivity contribution in [3.63, 3.8) is 0 Å². The first-order valence-corrected chi connectivity index (χ1v) is 11.6. The van der Waals surface area contributed by atoms with Gasteiger partial charge in [-0.1, -0.05) is 51.2 Å². The largest absolute Gasteiger partial charge is 0.425 e. The summed E-state index contributed by atoms with van der Waals surface area (Å²) in [5.41, 5.74) is 1.66. The summed E-state index contributed by atoms with van der Waals surface area (Å²) in [4.78, 5) is 28.7. The molecule has 0 radical (unpaired) electrons. The van der Waals surface area contributed by atoms with Crippen LogP contribution in [0.5, 0.6) is 5.75 Å². The lowest BCUT2D eigenvalue weighted by Gasteiger charge is -2.39. The van der Waals surface area contributed by atoms with Crippen molar-refractivity contribution in [2.45, 2.75) is 16.2 Å². The molecule has 2 aliphatic rings. The smallest absolute Gasteiger partial charge is 0.316 e. The van der Waals surface area contributed by atoms with Crippen LogP contribution in [0.3, 0.4) is 0 Å². The van der Waals surface area contributed by atoms with Crippen LogP contribution in [0.1, 0.15) is 27.2 Å². The van der Waals surface area contributed by atoms with E-state index in [2.05, 4.69) is 36.8 Å². The van der Waals surface area contributed by atoms with Crippen molar-refractivity contribution < 1.29 is 13.9 Å². The molecule has 0 saturated carbocycles. The van der Waals surface area contributed by atoms with Crippen molar-refractivity contribution in [2.24, 2.45) is 5.92 Å². The molecule has 1 N–H and O–H groups in total. The fourth-order valence-corrected chi connectivity index (χ4v) is 7.69. The van der Waals surface area contributed by atoms with E-state index in [-0.39, 0.29) is 27.8 Å². The van der Waals surface area contributed by atoms with Crippen LogP contribution >= 0.6 is 55.0 Å². The van der Waals surface area contributed by atoms with Crippen LogP contribution < -0.4 is 9.61 Å². The first kappa shape index (κ1) is 18.6. The number of thiazole rings is 1. The summed E-state index contributed by atoms with van der Waals surface area (Å²) in [6.07, 6.45) is 0. The highest BCUT2D eigenvalue weighted by Gasteiger charge is 2.50. The molecular formula is C19H10Br2FNO3S2. The fraction of sp³-hybridized carbons (Fsp3) is 0.158. The lowest BCUT2D eigenvalue weighted by Crippen LogP contribution is -2.37. The van der Waals surface area contributed by atoms with Gasteiger partial charge in [-0.2, -0.15) is 0 Å². The summed E-state index contributed by atoms with van der Waals surface area (Å²) in [6.45, 7) is 0. The Morgan fingerprint density at radius 2 is 1.86 bits per heavy atom. The van der Waals surface area contributed by atoms with Gasteiger partial charge < -0.3 is 9.72 Å². The van der Waals surface area contributed by atoms with Gasteiger partial charge in [0.15, 0.2) is 0 Å². The minimum atomic E-state index is -0.525. The normalized spacial score (nSPS) is 22.8. The number of carbonyl (C=O) groups excluding carboxylic acids is 1. The second-order valence-corrected chi connectivity index (χ2v) is 10.5. The predicted octanol–water partition coefficient (Wildman–Crippen LogP) is 5.61. The molecule has 2 aliphatic heterocycles. The van der Waals surface area contributed by atoms with E-state index in [1.54, 1.807) is 12.1 Å². The van der Waals surface area contributed by atoms with Crippen LogP contribution in [0.4, 0.5) is 4.39 Å². The number of carbonyl (C=O) groups is 1. The van der Waals surface area contributed by atoms with Crippen molar-refractivity contribution in [2.75, 3.05) is 0 Å². The van der Waals surface area contributed by atoms with Crippen molar-refractivity contribution >= 4 is 60.9 Å². The Morgan fingerprint density at radius 1 is 1.11 bits per heavy atom. The molecule has 4 nitrogen and oxygen atoms in total. The van der Waals surface area contributed by atoms with Gasteiger partial charge >= 0.3 is 10.8 Å². The van der Waals surface area contributed by atoms with Gasteiger partial charge in [0.25, 0.3) is 0 Å². The maximum absolute atomic E-state index is 13.4. The van der Waals surface area contributed by atoms with E-state index >= 15 is 0 Å². The molecule has 3 atom stereocenters. The number of ether oxygens (including phenoxy) is 1. The molecule has 2 aromatic carbocycles. The van der Waals surface area contributed by atoms with Gasteiger partial charge in [-0.3, -0.25) is 9.59 Å². The number of esters is 1. The molecule has 0 fully saturated rings. The Labute approximate surface area is 183 Å². The molecule has 5 rings (SSSR count). The first-order chi connectivity index (χ1) is 13.4. The number of aromatic amines is 1. The lowest BCUT2D eigenvalue weighted by molar-refractivity contribution is -0.141. The molecule has 9 heteroatoms. The number of hydrogen-bond acceptors (Lipinski definition) is 5. The van der Waals surface area contributed by atoms with Gasteiger partial charge in [0.05, 0.1) is 20.7 Å². The highest BCUT2D eigenvalue weighted by molar-refractivity contribution is 9.11. The molecule has 0 unspecified atom stereocenters. The van der Waals surface area contributed by atoms with E-state index in [1.807, 2.05) is 12.1 Å². The van der Waals surface area contributed by atoms with Crippen molar-refractivity contribution in [1.29, 1.82) is 0 Å². The van der Waals surface area contributed by atoms with Crippen LogP contribution in [0.15, 0.2) is 55.2 Å². The standard InChI is InChI=1S/C19H10Br2FNO3S2/c20-8-5-10-12-13(18(24)26-14(10)11(21)6-8)15(7-1-3-9(22)4-2-7)27-17-16(12)28-19(25)23-17/h1-6,12-13,15H,(H,23,25)/t12-,13-,15+/m1/s1. The van der Waals surface area contributed by atoms with E-state index in [1.165, 1.54) is 23.9 Å². The van der Waals surface area contributed by atoms with E-state index in [0.29, 0.717) is 10.2 Å². The summed E-state index contributed by atoms with van der Waals surface area (Å²) in [5.74, 6) is -1.06. The molecule has 0 saturated heterocycles. The van der Waals surface area contributed by atoms with Crippen LogP contribution in [-0.2, 0) is 4.79 Å². The molecule has 142 valence electrons. The van der Waals surface area contributed by atoms with E-state index < -0.39 is 5.92 Å². The number of hydrogen-bond donors (Lipinski definition) is 1. The third-order valence-corrected chi connectivity index (χ3v) is 8.42. The number of thioether (sulfide) groups is 1. The van der Waals surface area contributed by atoms with Gasteiger partial charge in [-0.25, -0.2) is 4.39 Å². The number of H-pyrrole nitrogens is 1. The Hall–Kier alpha value is -1.42. The summed E-state index contributed by atoms with van der Waals surface area (Å²) in [7, 11) is 0. The van der Waals surface area contributed by atoms with Crippen molar-refractivity contribution in [3.8, 4) is 5.75 Å². The number of fused-ring (bicyclic) bond motifs is 5. The van der Waals surface area contributed by atoms with Gasteiger partial charge in [0, 0.05) is 20.8 Å². The number of benzene rings is 2.